The standard InChI is InChI=1S/C18H20ClNO2S/c1-12-10-22-11-13(2)20(12)18(21)9-16-7-8-17(23-16)14-3-5-15(19)6-4-14/h3-8,12-13H,9-11H2,1-2H3. The third-order valence-electron chi connectivity index (χ3n) is 4.07. The zero-order valence-electron chi connectivity index (χ0n) is 13.3. The number of carbonyl (C=O) groups is 1. The van der Waals surface area contributed by atoms with Crippen LogP contribution in [0.3, 0.4) is 0 Å². The van der Waals surface area contributed by atoms with E-state index in [1.165, 1.54) is 0 Å². The van der Waals surface area contributed by atoms with E-state index in [9.17, 15) is 4.79 Å². The van der Waals surface area contributed by atoms with Gasteiger partial charge in [0.1, 0.15) is 0 Å². The van der Waals surface area contributed by atoms with Crippen molar-refractivity contribution in [1.82, 2.24) is 4.90 Å². The van der Waals surface area contributed by atoms with E-state index in [4.69, 9.17) is 16.3 Å². The van der Waals surface area contributed by atoms with Gasteiger partial charge in [0.25, 0.3) is 0 Å². The number of thiophene rings is 1. The molecule has 3 rings (SSSR count). The lowest BCUT2D eigenvalue weighted by Gasteiger charge is -2.38. The summed E-state index contributed by atoms with van der Waals surface area (Å²) in [6, 6.07) is 12.2. The highest BCUT2D eigenvalue weighted by atomic mass is 35.5. The van der Waals surface area contributed by atoms with Crippen molar-refractivity contribution in [1.29, 1.82) is 0 Å². The maximum atomic E-state index is 12.6. The first-order valence-corrected chi connectivity index (χ1v) is 8.97. The largest absolute Gasteiger partial charge is 0.377 e. The van der Waals surface area contributed by atoms with Crippen molar-refractivity contribution in [3.63, 3.8) is 0 Å². The Labute approximate surface area is 145 Å². The Balaban J connectivity index is 1.71. The fourth-order valence-corrected chi connectivity index (χ4v) is 4.11. The molecule has 2 unspecified atom stereocenters. The molecule has 5 heteroatoms. The van der Waals surface area contributed by atoms with E-state index in [0.717, 1.165) is 20.3 Å². The van der Waals surface area contributed by atoms with Crippen LogP contribution in [0, 0.1) is 0 Å². The maximum absolute atomic E-state index is 12.6. The number of hydrogen-bond donors (Lipinski definition) is 0. The number of benzene rings is 1. The van der Waals surface area contributed by atoms with Gasteiger partial charge in [0.2, 0.25) is 5.91 Å². The van der Waals surface area contributed by atoms with E-state index < -0.39 is 0 Å². The highest BCUT2D eigenvalue weighted by Crippen LogP contribution is 2.30. The molecule has 1 aromatic heterocycles. The number of hydrogen-bond acceptors (Lipinski definition) is 3. The summed E-state index contributed by atoms with van der Waals surface area (Å²) in [5.41, 5.74) is 1.13. The zero-order chi connectivity index (χ0) is 16.4. The van der Waals surface area contributed by atoms with Crippen molar-refractivity contribution in [2.45, 2.75) is 32.4 Å². The summed E-state index contributed by atoms with van der Waals surface area (Å²) in [4.78, 5) is 16.9. The van der Waals surface area contributed by atoms with E-state index in [2.05, 4.69) is 6.07 Å². The average Bonchev–Trinajstić information content (AvgIpc) is 2.96. The third kappa shape index (κ3) is 3.77. The molecule has 1 aliphatic rings. The monoisotopic (exact) mass is 349 g/mol. The Kier molecular flexibility index (Phi) is 5.05. The van der Waals surface area contributed by atoms with Crippen molar-refractivity contribution < 1.29 is 9.53 Å². The second kappa shape index (κ2) is 7.04. The summed E-state index contributed by atoms with van der Waals surface area (Å²) in [6.45, 7) is 5.33. The van der Waals surface area contributed by atoms with Crippen LogP contribution in [0.2, 0.25) is 5.02 Å². The van der Waals surface area contributed by atoms with Gasteiger partial charge in [0.15, 0.2) is 0 Å². The molecule has 1 amide bonds. The van der Waals surface area contributed by atoms with Gasteiger partial charge in [0.05, 0.1) is 31.7 Å². The first-order chi connectivity index (χ1) is 11.0. The van der Waals surface area contributed by atoms with Gasteiger partial charge in [-0.15, -0.1) is 11.3 Å². The van der Waals surface area contributed by atoms with E-state index >= 15 is 0 Å². The Bertz CT molecular complexity index is 673. The predicted octanol–water partition coefficient (Wildman–Crippen LogP) is 4.25. The molecule has 122 valence electrons. The van der Waals surface area contributed by atoms with Gasteiger partial charge in [-0.1, -0.05) is 23.7 Å². The number of rotatable bonds is 3. The molecule has 2 atom stereocenters. The quantitative estimate of drug-likeness (QED) is 0.829. The molecule has 0 spiro atoms. The summed E-state index contributed by atoms with van der Waals surface area (Å²) < 4.78 is 5.49. The van der Waals surface area contributed by atoms with Crippen LogP contribution < -0.4 is 0 Å². The minimum atomic E-state index is 0.141. The van der Waals surface area contributed by atoms with Crippen LogP contribution in [0.5, 0.6) is 0 Å². The smallest absolute Gasteiger partial charge is 0.228 e. The summed E-state index contributed by atoms with van der Waals surface area (Å²) in [7, 11) is 0. The van der Waals surface area contributed by atoms with Crippen molar-refractivity contribution >= 4 is 28.8 Å². The third-order valence-corrected chi connectivity index (χ3v) is 5.46. The van der Waals surface area contributed by atoms with E-state index in [1.54, 1.807) is 11.3 Å². The minimum absolute atomic E-state index is 0.141. The number of nitrogens with zero attached hydrogens (tertiary/aromatic N) is 1. The number of amides is 1. The van der Waals surface area contributed by atoms with Crippen LogP contribution in [0.4, 0.5) is 0 Å². The summed E-state index contributed by atoms with van der Waals surface area (Å²) in [5.74, 6) is 0.179. The second-order valence-corrected chi connectivity index (χ2v) is 7.59. The first kappa shape index (κ1) is 16.5. The SMILES string of the molecule is CC1COCC(C)N1C(=O)Cc1ccc(-c2ccc(Cl)cc2)s1. The molecule has 0 radical (unpaired) electrons. The fraction of sp³-hybridized carbons (Fsp3) is 0.389. The Morgan fingerprint density at radius 3 is 2.48 bits per heavy atom. The molecule has 0 bridgehead atoms. The topological polar surface area (TPSA) is 29.5 Å². The summed E-state index contributed by atoms with van der Waals surface area (Å²) >= 11 is 7.59. The summed E-state index contributed by atoms with van der Waals surface area (Å²) in [5, 5.41) is 0.732. The fourth-order valence-electron chi connectivity index (χ4n) is 2.98. The van der Waals surface area contributed by atoms with E-state index in [-0.39, 0.29) is 18.0 Å². The highest BCUT2D eigenvalue weighted by Gasteiger charge is 2.29. The molecule has 1 aliphatic heterocycles. The Morgan fingerprint density at radius 1 is 1.17 bits per heavy atom. The Morgan fingerprint density at radius 2 is 1.83 bits per heavy atom. The predicted molar refractivity (Wildman–Crippen MR) is 95.1 cm³/mol. The average molecular weight is 350 g/mol. The number of morpholine rings is 1. The van der Waals surface area contributed by atoms with Crippen LogP contribution in [-0.2, 0) is 16.0 Å². The molecule has 1 aromatic carbocycles. The molecule has 3 nitrogen and oxygen atoms in total. The van der Waals surface area contributed by atoms with Crippen LogP contribution in [-0.4, -0.2) is 36.1 Å². The van der Waals surface area contributed by atoms with Crippen LogP contribution in [0.25, 0.3) is 10.4 Å². The number of ether oxygens (including phenoxy) is 1. The van der Waals surface area contributed by atoms with Gasteiger partial charge in [-0.05, 0) is 43.7 Å². The van der Waals surface area contributed by atoms with E-state index in [1.807, 2.05) is 49.1 Å². The van der Waals surface area contributed by atoms with Crippen LogP contribution in [0.15, 0.2) is 36.4 Å². The van der Waals surface area contributed by atoms with Crippen molar-refractivity contribution in [2.24, 2.45) is 0 Å². The van der Waals surface area contributed by atoms with Gasteiger partial charge in [-0.2, -0.15) is 0 Å². The van der Waals surface area contributed by atoms with Crippen molar-refractivity contribution in [3.8, 4) is 10.4 Å². The Hall–Kier alpha value is -1.36. The molecule has 1 fully saturated rings. The lowest BCUT2D eigenvalue weighted by molar-refractivity contribution is -0.143. The normalized spacial score (nSPS) is 21.4. The zero-order valence-corrected chi connectivity index (χ0v) is 14.9. The molecule has 2 aromatic rings. The summed E-state index contributed by atoms with van der Waals surface area (Å²) in [6.07, 6.45) is 0.451. The molecule has 0 aliphatic carbocycles. The molecule has 0 saturated carbocycles. The lowest BCUT2D eigenvalue weighted by Crippen LogP contribution is -2.52. The second-order valence-electron chi connectivity index (χ2n) is 5.99. The number of carbonyl (C=O) groups excluding carboxylic acids is 1. The van der Waals surface area contributed by atoms with Gasteiger partial charge >= 0.3 is 0 Å². The van der Waals surface area contributed by atoms with Gasteiger partial charge in [-0.3, -0.25) is 4.79 Å². The molecule has 0 N–H and O–H groups in total. The highest BCUT2D eigenvalue weighted by molar-refractivity contribution is 7.15. The van der Waals surface area contributed by atoms with Gasteiger partial charge < -0.3 is 9.64 Å². The van der Waals surface area contributed by atoms with E-state index in [0.29, 0.717) is 19.6 Å². The molecule has 23 heavy (non-hydrogen) atoms. The number of halogens is 1. The molecular formula is C18H20ClNO2S. The van der Waals surface area contributed by atoms with Gasteiger partial charge in [-0.25, -0.2) is 0 Å². The maximum Gasteiger partial charge on any atom is 0.228 e. The molecule has 2 heterocycles. The lowest BCUT2D eigenvalue weighted by atomic mass is 10.1. The first-order valence-electron chi connectivity index (χ1n) is 7.78. The molecule has 1 saturated heterocycles. The minimum Gasteiger partial charge on any atom is -0.377 e. The van der Waals surface area contributed by atoms with Crippen molar-refractivity contribution in [2.75, 3.05) is 13.2 Å². The van der Waals surface area contributed by atoms with Crippen LogP contribution in [0.1, 0.15) is 18.7 Å². The van der Waals surface area contributed by atoms with Crippen LogP contribution >= 0.6 is 22.9 Å². The molecular weight excluding hydrogens is 330 g/mol. The van der Waals surface area contributed by atoms with Gasteiger partial charge in [0, 0.05) is 14.8 Å². The van der Waals surface area contributed by atoms with Crippen molar-refractivity contribution in [3.05, 3.63) is 46.3 Å².